The quantitative estimate of drug-likeness (QED) is 0.481. The van der Waals surface area contributed by atoms with E-state index in [0.29, 0.717) is 12.8 Å². The molecular formula is C15H21ClN4O4. The Hall–Kier alpha value is -2.19. The van der Waals surface area contributed by atoms with Crippen molar-refractivity contribution in [1.29, 1.82) is 0 Å². The first kappa shape index (κ1) is 19.9. The number of amides is 2. The monoisotopic (exact) mass is 356 g/mol. The molecule has 0 aromatic heterocycles. The Morgan fingerprint density at radius 1 is 1.29 bits per heavy atom. The maximum atomic E-state index is 12.1. The van der Waals surface area contributed by atoms with Crippen LogP contribution >= 0.6 is 11.6 Å². The molecule has 0 aliphatic carbocycles. The van der Waals surface area contributed by atoms with Gasteiger partial charge in [-0.2, -0.15) is 0 Å². The van der Waals surface area contributed by atoms with E-state index in [9.17, 15) is 19.7 Å². The molecule has 0 heterocycles. The highest BCUT2D eigenvalue weighted by Crippen LogP contribution is 2.25. The van der Waals surface area contributed by atoms with Gasteiger partial charge in [-0.1, -0.05) is 31.5 Å². The first-order chi connectivity index (χ1) is 11.2. The number of nitrogens with two attached hydrogens (primary N) is 1. The van der Waals surface area contributed by atoms with Crippen molar-refractivity contribution in [1.82, 2.24) is 10.6 Å². The van der Waals surface area contributed by atoms with Crippen molar-refractivity contribution in [2.24, 2.45) is 5.73 Å². The number of rotatable bonds is 8. The van der Waals surface area contributed by atoms with Crippen LogP contribution in [0, 0.1) is 10.1 Å². The van der Waals surface area contributed by atoms with Gasteiger partial charge >= 0.3 is 0 Å². The maximum absolute atomic E-state index is 12.1. The minimum Gasteiger partial charge on any atom is -0.353 e. The molecule has 0 bridgehead atoms. The van der Waals surface area contributed by atoms with Gasteiger partial charge in [0.15, 0.2) is 0 Å². The number of nitrogens with one attached hydrogen (secondary N) is 2. The normalized spacial score (nSPS) is 11.0. The molecule has 1 aromatic carbocycles. The van der Waals surface area contributed by atoms with Crippen molar-refractivity contribution in [3.8, 4) is 0 Å². The number of carbonyl (C=O) groups excluding carboxylic acids is 2. The molecule has 24 heavy (non-hydrogen) atoms. The Morgan fingerprint density at radius 2 is 1.92 bits per heavy atom. The van der Waals surface area contributed by atoms with Crippen LogP contribution in [-0.4, -0.2) is 35.4 Å². The summed E-state index contributed by atoms with van der Waals surface area (Å²) < 4.78 is 0. The zero-order chi connectivity index (χ0) is 18.3. The fourth-order valence-electron chi connectivity index (χ4n) is 1.98. The number of benzene rings is 1. The van der Waals surface area contributed by atoms with Crippen LogP contribution in [-0.2, 0) is 4.79 Å². The van der Waals surface area contributed by atoms with Gasteiger partial charge in [-0.05, 0) is 18.9 Å². The van der Waals surface area contributed by atoms with Gasteiger partial charge in [-0.25, -0.2) is 0 Å². The topological polar surface area (TPSA) is 127 Å². The summed E-state index contributed by atoms with van der Waals surface area (Å²) in [7, 11) is 0. The summed E-state index contributed by atoms with van der Waals surface area (Å²) in [6.07, 6.45) is 1.39. The summed E-state index contributed by atoms with van der Waals surface area (Å²) in [6.45, 7) is 3.80. The second-order valence-corrected chi connectivity index (χ2v) is 5.83. The lowest BCUT2D eigenvalue weighted by molar-refractivity contribution is -0.385. The predicted octanol–water partition coefficient (Wildman–Crippen LogP) is 1.61. The Morgan fingerprint density at radius 3 is 2.46 bits per heavy atom. The smallest absolute Gasteiger partial charge is 0.283 e. The van der Waals surface area contributed by atoms with Gasteiger partial charge in [0, 0.05) is 18.2 Å². The van der Waals surface area contributed by atoms with Gasteiger partial charge in [0.1, 0.15) is 5.56 Å². The molecule has 9 heteroatoms. The highest BCUT2D eigenvalue weighted by molar-refractivity contribution is 6.34. The van der Waals surface area contributed by atoms with Gasteiger partial charge in [0.25, 0.3) is 11.6 Å². The van der Waals surface area contributed by atoms with Crippen molar-refractivity contribution in [3.05, 3.63) is 38.9 Å². The van der Waals surface area contributed by atoms with Crippen molar-refractivity contribution < 1.29 is 14.5 Å². The van der Waals surface area contributed by atoms with E-state index in [0.717, 1.165) is 0 Å². The zero-order valence-electron chi connectivity index (χ0n) is 13.6. The average Bonchev–Trinajstić information content (AvgIpc) is 2.57. The number of nitrogens with zero attached hydrogens (tertiary/aromatic N) is 1. The summed E-state index contributed by atoms with van der Waals surface area (Å²) in [6, 6.07) is 3.92. The van der Waals surface area contributed by atoms with Crippen LogP contribution in [0.2, 0.25) is 5.02 Å². The number of hydrogen-bond acceptors (Lipinski definition) is 5. The van der Waals surface area contributed by atoms with Crippen LogP contribution in [0.5, 0.6) is 0 Å². The molecule has 0 aliphatic heterocycles. The summed E-state index contributed by atoms with van der Waals surface area (Å²) in [4.78, 5) is 34.2. The molecule has 0 atom stereocenters. The summed E-state index contributed by atoms with van der Waals surface area (Å²) in [5.41, 5.74) is 4.88. The molecular weight excluding hydrogens is 336 g/mol. The number of halogens is 1. The molecule has 0 spiro atoms. The van der Waals surface area contributed by atoms with Crippen molar-refractivity contribution in [3.63, 3.8) is 0 Å². The van der Waals surface area contributed by atoms with Gasteiger partial charge in [-0.15, -0.1) is 0 Å². The first-order valence-corrected chi connectivity index (χ1v) is 7.88. The summed E-state index contributed by atoms with van der Waals surface area (Å²) >= 11 is 5.86. The van der Waals surface area contributed by atoms with E-state index < -0.39 is 28.0 Å². The Kier molecular flexibility index (Phi) is 7.12. The molecule has 2 amide bonds. The molecule has 132 valence electrons. The lowest BCUT2D eigenvalue weighted by Gasteiger charge is -2.26. The van der Waals surface area contributed by atoms with Crippen molar-refractivity contribution in [2.45, 2.75) is 32.2 Å². The average molecular weight is 357 g/mol. The Balaban J connectivity index is 2.67. The zero-order valence-corrected chi connectivity index (χ0v) is 14.4. The highest BCUT2D eigenvalue weighted by Gasteiger charge is 2.24. The molecule has 0 saturated carbocycles. The van der Waals surface area contributed by atoms with E-state index in [-0.39, 0.29) is 23.7 Å². The lowest BCUT2D eigenvalue weighted by Crippen LogP contribution is -2.50. The third-order valence-corrected chi connectivity index (χ3v) is 4.19. The lowest BCUT2D eigenvalue weighted by atomic mass is 9.94. The molecule has 0 unspecified atom stereocenters. The maximum Gasteiger partial charge on any atom is 0.283 e. The Labute approximate surface area is 144 Å². The van der Waals surface area contributed by atoms with Crippen molar-refractivity contribution >= 4 is 29.1 Å². The first-order valence-electron chi connectivity index (χ1n) is 7.50. The van der Waals surface area contributed by atoms with E-state index in [1.807, 2.05) is 13.8 Å². The molecule has 0 fully saturated rings. The third-order valence-electron chi connectivity index (χ3n) is 3.87. The number of carbonyl (C=O) groups is 2. The van der Waals surface area contributed by atoms with E-state index >= 15 is 0 Å². The molecule has 4 N–H and O–H groups in total. The fraction of sp³-hybridized carbons (Fsp3) is 0.467. The second kappa shape index (κ2) is 8.60. The van der Waals surface area contributed by atoms with Crippen LogP contribution < -0.4 is 16.4 Å². The number of nitro benzene ring substituents is 1. The molecule has 0 saturated heterocycles. The van der Waals surface area contributed by atoms with E-state index in [1.54, 1.807) is 0 Å². The highest BCUT2D eigenvalue weighted by atomic mass is 35.5. The molecule has 1 rings (SSSR count). The fourth-order valence-corrected chi connectivity index (χ4v) is 2.23. The number of nitro groups is 1. The second-order valence-electron chi connectivity index (χ2n) is 5.42. The molecule has 0 aliphatic rings. The van der Waals surface area contributed by atoms with Crippen LogP contribution in [0.4, 0.5) is 5.69 Å². The predicted molar refractivity (Wildman–Crippen MR) is 90.9 cm³/mol. The molecule has 8 nitrogen and oxygen atoms in total. The SMILES string of the molecule is CCC(N)(CC)CNC(=O)CNC(=O)c1c(Cl)cccc1[N+](=O)[O-]. The van der Waals surface area contributed by atoms with Crippen LogP contribution in [0.25, 0.3) is 0 Å². The van der Waals surface area contributed by atoms with Gasteiger partial charge in [-0.3, -0.25) is 19.7 Å². The molecule has 0 radical (unpaired) electrons. The minimum atomic E-state index is -0.785. The van der Waals surface area contributed by atoms with Crippen LogP contribution in [0.15, 0.2) is 18.2 Å². The number of hydrogen-bond donors (Lipinski definition) is 3. The summed E-state index contributed by atoms with van der Waals surface area (Å²) in [5, 5.41) is 15.9. The van der Waals surface area contributed by atoms with E-state index in [2.05, 4.69) is 10.6 Å². The standard InChI is InChI=1S/C15H21ClN4O4/c1-3-15(17,4-2)9-19-12(21)8-18-14(22)13-10(16)6-5-7-11(13)20(23)24/h5-7H,3-4,8-9,17H2,1-2H3,(H,18,22)(H,19,21). The molecule has 1 aromatic rings. The minimum absolute atomic E-state index is 0.0555. The van der Waals surface area contributed by atoms with Gasteiger partial charge < -0.3 is 16.4 Å². The largest absolute Gasteiger partial charge is 0.353 e. The van der Waals surface area contributed by atoms with Gasteiger partial charge in [0.05, 0.1) is 16.5 Å². The third kappa shape index (κ3) is 5.17. The van der Waals surface area contributed by atoms with Crippen LogP contribution in [0.3, 0.4) is 0 Å². The van der Waals surface area contributed by atoms with Crippen LogP contribution in [0.1, 0.15) is 37.0 Å². The Bertz CT molecular complexity index is 632. The summed E-state index contributed by atoms with van der Waals surface area (Å²) in [5.74, 6) is -1.22. The van der Waals surface area contributed by atoms with E-state index in [4.69, 9.17) is 17.3 Å². The van der Waals surface area contributed by atoms with Gasteiger partial charge in [0.2, 0.25) is 5.91 Å². The van der Waals surface area contributed by atoms with E-state index in [1.165, 1.54) is 18.2 Å². The van der Waals surface area contributed by atoms with Crippen molar-refractivity contribution in [2.75, 3.05) is 13.1 Å².